The lowest BCUT2D eigenvalue weighted by Gasteiger charge is -2.34. The average molecular weight is 264 g/mol. The molecule has 0 spiro atoms. The molecule has 6 heteroatoms. The van der Waals surface area contributed by atoms with Gasteiger partial charge in [-0.25, -0.2) is 12.7 Å². The van der Waals surface area contributed by atoms with Crippen molar-refractivity contribution >= 4 is 10.0 Å². The smallest absolute Gasteiger partial charge is 0.216 e. The summed E-state index contributed by atoms with van der Waals surface area (Å²) in [4.78, 5) is 0. The zero-order valence-electron chi connectivity index (χ0n) is 11.0. The van der Waals surface area contributed by atoms with E-state index in [2.05, 4.69) is 12.2 Å². The Hall–Kier alpha value is -0.170. The summed E-state index contributed by atoms with van der Waals surface area (Å²) in [6.07, 6.45) is 2.04. The van der Waals surface area contributed by atoms with Crippen LogP contribution < -0.4 is 5.32 Å². The number of ether oxygens (including phenoxy) is 1. The molecule has 1 N–H and O–H groups in total. The Labute approximate surface area is 105 Å². The minimum Gasteiger partial charge on any atom is -0.384 e. The Balaban J connectivity index is 2.59. The molecule has 0 saturated carbocycles. The van der Waals surface area contributed by atoms with Crippen LogP contribution >= 0.6 is 0 Å². The van der Waals surface area contributed by atoms with E-state index in [9.17, 15) is 8.42 Å². The third-order valence-corrected chi connectivity index (χ3v) is 5.32. The maximum atomic E-state index is 12.0. The summed E-state index contributed by atoms with van der Waals surface area (Å²) in [5.41, 5.74) is 0. The van der Waals surface area contributed by atoms with Crippen LogP contribution in [0, 0.1) is 5.92 Å². The van der Waals surface area contributed by atoms with Gasteiger partial charge in [-0.3, -0.25) is 0 Å². The summed E-state index contributed by atoms with van der Waals surface area (Å²) in [5.74, 6) is 0.496. The van der Waals surface area contributed by atoms with Crippen LogP contribution in [-0.2, 0) is 14.8 Å². The molecule has 0 amide bonds. The first-order valence-corrected chi connectivity index (χ1v) is 7.76. The SMILES string of the molecule is CNC(C)C1CCCN(S(=O)(=O)CCOC)C1. The highest BCUT2D eigenvalue weighted by atomic mass is 32.2. The van der Waals surface area contributed by atoms with E-state index >= 15 is 0 Å². The fourth-order valence-corrected chi connectivity index (χ4v) is 3.65. The van der Waals surface area contributed by atoms with E-state index in [0.717, 1.165) is 12.8 Å². The molecule has 1 rings (SSSR count). The molecule has 1 saturated heterocycles. The number of sulfonamides is 1. The van der Waals surface area contributed by atoms with E-state index in [1.165, 1.54) is 7.11 Å². The van der Waals surface area contributed by atoms with Crippen LogP contribution in [0.4, 0.5) is 0 Å². The summed E-state index contributed by atoms with van der Waals surface area (Å²) in [6.45, 7) is 3.66. The molecule has 0 aromatic rings. The van der Waals surface area contributed by atoms with E-state index in [-0.39, 0.29) is 12.4 Å². The summed E-state index contributed by atoms with van der Waals surface area (Å²) in [6, 6.07) is 0.357. The molecule has 1 heterocycles. The Kier molecular flexibility index (Phi) is 5.85. The number of nitrogens with zero attached hydrogens (tertiary/aromatic N) is 1. The number of rotatable bonds is 6. The van der Waals surface area contributed by atoms with Crippen molar-refractivity contribution in [2.75, 3.05) is 39.6 Å². The number of nitrogens with one attached hydrogen (secondary N) is 1. The molecule has 1 aliphatic rings. The van der Waals surface area contributed by atoms with Gasteiger partial charge in [-0.15, -0.1) is 0 Å². The second-order valence-electron chi connectivity index (χ2n) is 4.65. The first-order chi connectivity index (χ1) is 8.01. The van der Waals surface area contributed by atoms with Crippen LogP contribution in [0.3, 0.4) is 0 Å². The lowest BCUT2D eigenvalue weighted by Crippen LogP contribution is -2.46. The molecular weight excluding hydrogens is 240 g/mol. The molecule has 102 valence electrons. The molecule has 0 bridgehead atoms. The summed E-state index contributed by atoms with van der Waals surface area (Å²) in [7, 11) is 0.305. The molecule has 0 aromatic heterocycles. The van der Waals surface area contributed by atoms with E-state index in [4.69, 9.17) is 4.74 Å². The highest BCUT2D eigenvalue weighted by Crippen LogP contribution is 2.22. The van der Waals surface area contributed by atoms with Gasteiger partial charge in [0.2, 0.25) is 10.0 Å². The van der Waals surface area contributed by atoms with Crippen LogP contribution in [0.1, 0.15) is 19.8 Å². The molecule has 5 nitrogen and oxygen atoms in total. The third-order valence-electron chi connectivity index (χ3n) is 3.52. The largest absolute Gasteiger partial charge is 0.384 e. The molecule has 0 radical (unpaired) electrons. The van der Waals surface area contributed by atoms with E-state index < -0.39 is 10.0 Å². The molecule has 0 aliphatic carbocycles. The molecule has 2 atom stereocenters. The van der Waals surface area contributed by atoms with Crippen molar-refractivity contribution in [1.82, 2.24) is 9.62 Å². The lowest BCUT2D eigenvalue weighted by atomic mass is 9.93. The molecular formula is C11H24N2O3S. The quantitative estimate of drug-likeness (QED) is 0.749. The monoisotopic (exact) mass is 264 g/mol. The van der Waals surface area contributed by atoms with Crippen LogP contribution in [-0.4, -0.2) is 58.4 Å². The van der Waals surface area contributed by atoms with Crippen LogP contribution in [0.2, 0.25) is 0 Å². The molecule has 1 aliphatic heterocycles. The van der Waals surface area contributed by atoms with Gasteiger partial charge >= 0.3 is 0 Å². The summed E-state index contributed by atoms with van der Waals surface area (Å²) < 4.78 is 30.5. The van der Waals surface area contributed by atoms with Crippen molar-refractivity contribution in [3.8, 4) is 0 Å². The molecule has 0 aromatic carbocycles. The fraction of sp³-hybridized carbons (Fsp3) is 1.00. The standard InChI is InChI=1S/C11H24N2O3S/c1-10(12-2)11-5-4-6-13(9-11)17(14,15)8-7-16-3/h10-12H,4-9H2,1-3H3. The highest BCUT2D eigenvalue weighted by Gasteiger charge is 2.30. The molecule has 17 heavy (non-hydrogen) atoms. The zero-order chi connectivity index (χ0) is 12.9. The highest BCUT2D eigenvalue weighted by molar-refractivity contribution is 7.89. The van der Waals surface area contributed by atoms with Gasteiger partial charge in [0.25, 0.3) is 0 Å². The maximum absolute atomic E-state index is 12.0. The van der Waals surface area contributed by atoms with Gasteiger partial charge in [-0.1, -0.05) is 0 Å². The lowest BCUT2D eigenvalue weighted by molar-refractivity contribution is 0.207. The maximum Gasteiger partial charge on any atom is 0.216 e. The van der Waals surface area contributed by atoms with Gasteiger partial charge in [-0.05, 0) is 32.7 Å². The van der Waals surface area contributed by atoms with Gasteiger partial charge in [0, 0.05) is 26.2 Å². The second-order valence-corrected chi connectivity index (χ2v) is 6.73. The second kappa shape index (κ2) is 6.68. The van der Waals surface area contributed by atoms with Crippen molar-refractivity contribution in [3.05, 3.63) is 0 Å². The fourth-order valence-electron chi connectivity index (χ4n) is 2.19. The van der Waals surface area contributed by atoms with Gasteiger partial charge in [0.05, 0.1) is 12.4 Å². The van der Waals surface area contributed by atoms with Crippen LogP contribution in [0.5, 0.6) is 0 Å². The van der Waals surface area contributed by atoms with E-state index in [1.807, 2.05) is 7.05 Å². The Bertz CT molecular complexity index is 319. The molecule has 2 unspecified atom stereocenters. The average Bonchev–Trinajstić information content (AvgIpc) is 2.35. The Morgan fingerprint density at radius 2 is 2.24 bits per heavy atom. The predicted octanol–water partition coefficient (Wildman–Crippen LogP) is 0.283. The Morgan fingerprint density at radius 1 is 1.53 bits per heavy atom. The number of piperidine rings is 1. The van der Waals surface area contributed by atoms with Crippen molar-refractivity contribution in [2.24, 2.45) is 5.92 Å². The zero-order valence-corrected chi connectivity index (χ0v) is 11.8. The van der Waals surface area contributed by atoms with Crippen molar-refractivity contribution in [2.45, 2.75) is 25.8 Å². The van der Waals surface area contributed by atoms with Gasteiger partial charge in [0.1, 0.15) is 0 Å². The summed E-state index contributed by atoms with van der Waals surface area (Å²) >= 11 is 0. The van der Waals surface area contributed by atoms with E-state index in [1.54, 1.807) is 4.31 Å². The van der Waals surface area contributed by atoms with Crippen LogP contribution in [0.15, 0.2) is 0 Å². The molecule has 1 fully saturated rings. The number of hydrogen-bond donors (Lipinski definition) is 1. The number of methoxy groups -OCH3 is 1. The van der Waals surface area contributed by atoms with Crippen molar-refractivity contribution < 1.29 is 13.2 Å². The minimum atomic E-state index is -3.14. The summed E-state index contributed by atoms with van der Waals surface area (Å²) in [5, 5.41) is 3.20. The van der Waals surface area contributed by atoms with Gasteiger partial charge in [0.15, 0.2) is 0 Å². The minimum absolute atomic E-state index is 0.0875. The Morgan fingerprint density at radius 3 is 2.82 bits per heavy atom. The van der Waals surface area contributed by atoms with Gasteiger partial charge < -0.3 is 10.1 Å². The third kappa shape index (κ3) is 4.21. The predicted molar refractivity (Wildman–Crippen MR) is 68.5 cm³/mol. The first-order valence-electron chi connectivity index (χ1n) is 6.15. The van der Waals surface area contributed by atoms with Crippen molar-refractivity contribution in [3.63, 3.8) is 0 Å². The van der Waals surface area contributed by atoms with Gasteiger partial charge in [-0.2, -0.15) is 0 Å². The van der Waals surface area contributed by atoms with Crippen molar-refractivity contribution in [1.29, 1.82) is 0 Å². The van der Waals surface area contributed by atoms with E-state index in [0.29, 0.717) is 25.0 Å². The topological polar surface area (TPSA) is 58.6 Å². The van der Waals surface area contributed by atoms with Crippen LogP contribution in [0.25, 0.3) is 0 Å². The normalized spacial score (nSPS) is 24.8. The first kappa shape index (κ1) is 14.9. The number of hydrogen-bond acceptors (Lipinski definition) is 4.